The highest BCUT2D eigenvalue weighted by atomic mass is 16.6. The minimum Gasteiger partial charge on any atom is -0.372 e. The molecule has 1 amide bonds. The van der Waals surface area contributed by atoms with Gasteiger partial charge >= 0.3 is 0 Å². The highest BCUT2D eigenvalue weighted by Gasteiger charge is 2.16. The predicted octanol–water partition coefficient (Wildman–Crippen LogP) is 4.15. The molecule has 0 aliphatic carbocycles. The molecular weight excluding hydrogens is 318 g/mol. The summed E-state index contributed by atoms with van der Waals surface area (Å²) in [6.07, 6.45) is 3.68. The number of amides is 1. The summed E-state index contributed by atoms with van der Waals surface area (Å²) in [5.74, 6) is -0.270. The van der Waals surface area contributed by atoms with Crippen molar-refractivity contribution in [2.24, 2.45) is 0 Å². The van der Waals surface area contributed by atoms with Crippen LogP contribution in [0.4, 0.5) is 17.1 Å². The van der Waals surface area contributed by atoms with Crippen molar-refractivity contribution in [3.8, 4) is 0 Å². The molecule has 1 aliphatic rings. The van der Waals surface area contributed by atoms with Crippen LogP contribution in [-0.4, -0.2) is 23.9 Å². The topological polar surface area (TPSA) is 75.5 Å². The SMILES string of the molecule is Cc1c(NC(=O)c2ccc(N3CCCCC3)cc2)cccc1[N+](=O)[O-]. The van der Waals surface area contributed by atoms with Crippen molar-refractivity contribution >= 4 is 23.0 Å². The zero-order valence-electron chi connectivity index (χ0n) is 14.2. The third kappa shape index (κ3) is 3.79. The molecular formula is C19H21N3O3. The third-order valence-corrected chi connectivity index (χ3v) is 4.60. The Hall–Kier alpha value is -2.89. The van der Waals surface area contributed by atoms with Crippen molar-refractivity contribution in [3.63, 3.8) is 0 Å². The molecule has 1 aliphatic heterocycles. The Morgan fingerprint density at radius 1 is 1.08 bits per heavy atom. The summed E-state index contributed by atoms with van der Waals surface area (Å²) in [4.78, 5) is 25.3. The number of hydrogen-bond donors (Lipinski definition) is 1. The molecule has 2 aromatic rings. The summed E-state index contributed by atoms with van der Waals surface area (Å²) >= 11 is 0. The number of anilines is 2. The Balaban J connectivity index is 1.73. The molecule has 130 valence electrons. The van der Waals surface area contributed by atoms with E-state index in [1.807, 2.05) is 12.1 Å². The maximum Gasteiger partial charge on any atom is 0.274 e. The fraction of sp³-hybridized carbons (Fsp3) is 0.316. The number of rotatable bonds is 4. The second-order valence-corrected chi connectivity index (χ2v) is 6.26. The third-order valence-electron chi connectivity index (χ3n) is 4.60. The summed E-state index contributed by atoms with van der Waals surface area (Å²) in [7, 11) is 0. The average Bonchev–Trinajstić information content (AvgIpc) is 2.64. The maximum atomic E-state index is 12.4. The first-order valence-electron chi connectivity index (χ1n) is 8.46. The van der Waals surface area contributed by atoms with E-state index in [1.54, 1.807) is 31.2 Å². The Morgan fingerprint density at radius 3 is 2.40 bits per heavy atom. The number of benzene rings is 2. The minimum absolute atomic E-state index is 0.00162. The fourth-order valence-electron chi connectivity index (χ4n) is 3.13. The Bertz CT molecular complexity index is 781. The van der Waals surface area contributed by atoms with E-state index in [0.29, 0.717) is 16.8 Å². The van der Waals surface area contributed by atoms with Crippen molar-refractivity contribution in [2.45, 2.75) is 26.2 Å². The summed E-state index contributed by atoms with van der Waals surface area (Å²) in [5, 5.41) is 13.8. The lowest BCUT2D eigenvalue weighted by atomic mass is 10.1. The van der Waals surface area contributed by atoms with Gasteiger partial charge < -0.3 is 10.2 Å². The van der Waals surface area contributed by atoms with Crippen LogP contribution in [0.15, 0.2) is 42.5 Å². The predicted molar refractivity (Wildman–Crippen MR) is 98.3 cm³/mol. The van der Waals surface area contributed by atoms with Crippen molar-refractivity contribution in [1.29, 1.82) is 0 Å². The second kappa shape index (κ2) is 7.34. The lowest BCUT2D eigenvalue weighted by molar-refractivity contribution is -0.385. The van der Waals surface area contributed by atoms with Gasteiger partial charge in [0, 0.05) is 30.4 Å². The normalized spacial score (nSPS) is 14.2. The van der Waals surface area contributed by atoms with Crippen LogP contribution in [0.1, 0.15) is 35.2 Å². The number of carbonyl (C=O) groups is 1. The van der Waals surface area contributed by atoms with E-state index in [9.17, 15) is 14.9 Å². The van der Waals surface area contributed by atoms with Gasteiger partial charge in [0.25, 0.3) is 11.6 Å². The zero-order valence-corrected chi connectivity index (χ0v) is 14.2. The number of nitrogens with zero attached hydrogens (tertiary/aromatic N) is 2. The quantitative estimate of drug-likeness (QED) is 0.671. The van der Waals surface area contributed by atoms with E-state index in [2.05, 4.69) is 10.2 Å². The molecule has 1 heterocycles. The molecule has 0 bridgehead atoms. The van der Waals surface area contributed by atoms with Gasteiger partial charge in [0.2, 0.25) is 0 Å². The fourth-order valence-corrected chi connectivity index (χ4v) is 3.13. The van der Waals surface area contributed by atoms with Gasteiger partial charge in [-0.15, -0.1) is 0 Å². The number of piperidine rings is 1. The average molecular weight is 339 g/mol. The van der Waals surface area contributed by atoms with Crippen LogP contribution < -0.4 is 10.2 Å². The van der Waals surface area contributed by atoms with Gasteiger partial charge in [-0.2, -0.15) is 0 Å². The first-order chi connectivity index (χ1) is 12.1. The lowest BCUT2D eigenvalue weighted by Gasteiger charge is -2.28. The van der Waals surface area contributed by atoms with Crippen LogP contribution in [0.2, 0.25) is 0 Å². The van der Waals surface area contributed by atoms with Gasteiger partial charge in [0.15, 0.2) is 0 Å². The highest BCUT2D eigenvalue weighted by molar-refractivity contribution is 6.05. The van der Waals surface area contributed by atoms with Gasteiger partial charge in [-0.05, 0) is 56.5 Å². The van der Waals surface area contributed by atoms with Crippen LogP contribution in [0.25, 0.3) is 0 Å². The van der Waals surface area contributed by atoms with Crippen LogP contribution in [-0.2, 0) is 0 Å². The van der Waals surface area contributed by atoms with E-state index in [4.69, 9.17) is 0 Å². The molecule has 0 aromatic heterocycles. The molecule has 3 rings (SSSR count). The van der Waals surface area contributed by atoms with Crippen LogP contribution >= 0.6 is 0 Å². The summed E-state index contributed by atoms with van der Waals surface area (Å²) < 4.78 is 0. The van der Waals surface area contributed by atoms with Gasteiger partial charge in [-0.25, -0.2) is 0 Å². The van der Waals surface area contributed by atoms with E-state index in [1.165, 1.54) is 25.3 Å². The molecule has 0 saturated carbocycles. The van der Waals surface area contributed by atoms with Crippen molar-refractivity contribution < 1.29 is 9.72 Å². The molecule has 1 fully saturated rings. The second-order valence-electron chi connectivity index (χ2n) is 6.26. The molecule has 0 unspecified atom stereocenters. The summed E-state index contributed by atoms with van der Waals surface area (Å²) in [5.41, 5.74) is 2.57. The maximum absolute atomic E-state index is 12.4. The van der Waals surface area contributed by atoms with E-state index in [-0.39, 0.29) is 11.6 Å². The Labute approximate surface area is 146 Å². The molecule has 25 heavy (non-hydrogen) atoms. The van der Waals surface area contributed by atoms with E-state index < -0.39 is 4.92 Å². The number of nitrogens with one attached hydrogen (secondary N) is 1. The van der Waals surface area contributed by atoms with Crippen LogP contribution in [0, 0.1) is 17.0 Å². The van der Waals surface area contributed by atoms with Crippen LogP contribution in [0.5, 0.6) is 0 Å². The number of nitro benzene ring substituents is 1. The van der Waals surface area contributed by atoms with Gasteiger partial charge in [-0.3, -0.25) is 14.9 Å². The molecule has 6 nitrogen and oxygen atoms in total. The molecule has 1 N–H and O–H groups in total. The van der Waals surface area contributed by atoms with Gasteiger partial charge in [0.1, 0.15) is 0 Å². The van der Waals surface area contributed by atoms with E-state index in [0.717, 1.165) is 18.8 Å². The monoisotopic (exact) mass is 339 g/mol. The molecule has 0 spiro atoms. The van der Waals surface area contributed by atoms with Gasteiger partial charge in [-0.1, -0.05) is 6.07 Å². The summed E-state index contributed by atoms with van der Waals surface area (Å²) in [6, 6.07) is 12.2. The standard InChI is InChI=1S/C19H21N3O3/c1-14-17(6-5-7-18(14)22(24)25)20-19(23)15-8-10-16(11-9-15)21-12-3-2-4-13-21/h5-11H,2-4,12-13H2,1H3,(H,20,23). The smallest absolute Gasteiger partial charge is 0.274 e. The number of hydrogen-bond acceptors (Lipinski definition) is 4. The molecule has 2 aromatic carbocycles. The zero-order chi connectivity index (χ0) is 17.8. The number of carbonyl (C=O) groups excluding carboxylic acids is 1. The van der Waals surface area contributed by atoms with Crippen molar-refractivity contribution in [1.82, 2.24) is 0 Å². The lowest BCUT2D eigenvalue weighted by Crippen LogP contribution is -2.29. The molecule has 0 radical (unpaired) electrons. The molecule has 1 saturated heterocycles. The van der Waals surface area contributed by atoms with Crippen molar-refractivity contribution in [2.75, 3.05) is 23.3 Å². The number of nitro groups is 1. The van der Waals surface area contributed by atoms with Gasteiger partial charge in [0.05, 0.1) is 16.2 Å². The molecule has 6 heteroatoms. The Kier molecular flexibility index (Phi) is 4.97. The van der Waals surface area contributed by atoms with E-state index >= 15 is 0 Å². The van der Waals surface area contributed by atoms with Crippen molar-refractivity contribution in [3.05, 3.63) is 63.7 Å². The first-order valence-corrected chi connectivity index (χ1v) is 8.46. The minimum atomic E-state index is -0.446. The summed E-state index contributed by atoms with van der Waals surface area (Å²) in [6.45, 7) is 3.74. The Morgan fingerprint density at radius 2 is 1.76 bits per heavy atom. The van der Waals surface area contributed by atoms with Crippen LogP contribution in [0.3, 0.4) is 0 Å². The largest absolute Gasteiger partial charge is 0.372 e. The molecule has 0 atom stereocenters. The first kappa shape index (κ1) is 17.0. The highest BCUT2D eigenvalue weighted by Crippen LogP contribution is 2.26.